The molecule has 5 rings (SSSR count). The SMILES string of the molecule is NC(=O)CC[C@H]1NC(=O)c2cc(OC(=O)Cc3cccc4ccccc34)c(NC(=O)C3CC3)cc2NC1=O. The molecule has 3 aromatic rings. The zero-order valence-electron chi connectivity index (χ0n) is 20.4. The summed E-state index contributed by atoms with van der Waals surface area (Å²) in [6.07, 6.45) is 1.42. The molecule has 10 heteroatoms. The Hall–Kier alpha value is -4.73. The zero-order chi connectivity index (χ0) is 26.8. The highest BCUT2D eigenvalue weighted by Crippen LogP contribution is 2.36. The molecule has 0 unspecified atom stereocenters. The molecule has 0 aromatic heterocycles. The lowest BCUT2D eigenvalue weighted by Gasteiger charge is -2.15. The highest BCUT2D eigenvalue weighted by Gasteiger charge is 2.33. The van der Waals surface area contributed by atoms with Crippen LogP contribution in [0.3, 0.4) is 0 Å². The third kappa shape index (κ3) is 5.49. The predicted octanol–water partition coefficient (Wildman–Crippen LogP) is 2.65. The van der Waals surface area contributed by atoms with Gasteiger partial charge in [-0.1, -0.05) is 42.5 Å². The lowest BCUT2D eigenvalue weighted by atomic mass is 10.0. The first-order valence-corrected chi connectivity index (χ1v) is 12.3. The molecule has 0 saturated heterocycles. The molecule has 194 valence electrons. The van der Waals surface area contributed by atoms with Gasteiger partial charge in [0.05, 0.1) is 23.4 Å². The fraction of sp³-hybridized carbons (Fsp3) is 0.250. The van der Waals surface area contributed by atoms with Crippen LogP contribution in [0.2, 0.25) is 0 Å². The van der Waals surface area contributed by atoms with Gasteiger partial charge in [0.2, 0.25) is 17.7 Å². The van der Waals surface area contributed by atoms with Gasteiger partial charge in [-0.15, -0.1) is 0 Å². The van der Waals surface area contributed by atoms with Crippen molar-refractivity contribution in [3.8, 4) is 5.75 Å². The summed E-state index contributed by atoms with van der Waals surface area (Å²) in [5.74, 6) is -2.69. The van der Waals surface area contributed by atoms with E-state index in [9.17, 15) is 24.0 Å². The number of amides is 4. The number of hydrogen-bond acceptors (Lipinski definition) is 6. The number of hydrogen-bond donors (Lipinski definition) is 4. The molecule has 1 aliphatic heterocycles. The topological polar surface area (TPSA) is 157 Å². The van der Waals surface area contributed by atoms with Gasteiger partial charge < -0.3 is 26.4 Å². The lowest BCUT2D eigenvalue weighted by Crippen LogP contribution is -2.41. The number of primary amides is 1. The first kappa shape index (κ1) is 24.9. The standard InChI is InChI=1S/C28H26N4O6/c29-24(33)11-10-20-28(37)31-21-14-22(32-26(35)16-8-9-16)23(13-19(21)27(36)30-20)38-25(34)12-17-6-3-5-15-4-1-2-7-18(15)17/h1-7,13-14,16,20H,8-12H2,(H2,29,33)(H,30,36)(H,31,37)(H,32,35)/t20-/m1/s1. The normalized spacial score (nSPS) is 16.6. The number of nitrogens with two attached hydrogens (primary N) is 1. The van der Waals surface area contributed by atoms with Crippen LogP contribution in [-0.4, -0.2) is 35.6 Å². The van der Waals surface area contributed by atoms with Gasteiger partial charge in [-0.3, -0.25) is 24.0 Å². The average Bonchev–Trinajstić information content (AvgIpc) is 3.74. The Morgan fingerprint density at radius 2 is 1.79 bits per heavy atom. The number of nitrogens with one attached hydrogen (secondary N) is 3. The molecule has 1 atom stereocenters. The summed E-state index contributed by atoms with van der Waals surface area (Å²) in [7, 11) is 0. The van der Waals surface area contributed by atoms with Crippen molar-refractivity contribution in [2.45, 2.75) is 38.1 Å². The van der Waals surface area contributed by atoms with E-state index < -0.39 is 29.7 Å². The maximum Gasteiger partial charge on any atom is 0.315 e. The third-order valence-corrected chi connectivity index (χ3v) is 6.57. The third-order valence-electron chi connectivity index (χ3n) is 6.57. The summed E-state index contributed by atoms with van der Waals surface area (Å²) in [4.78, 5) is 62.5. The van der Waals surface area contributed by atoms with E-state index in [0.29, 0.717) is 0 Å². The largest absolute Gasteiger partial charge is 0.424 e. The summed E-state index contributed by atoms with van der Waals surface area (Å²) >= 11 is 0. The number of esters is 1. The molecule has 1 fully saturated rings. The fourth-order valence-electron chi connectivity index (χ4n) is 4.41. The van der Waals surface area contributed by atoms with Crippen LogP contribution in [0.1, 0.15) is 41.6 Å². The summed E-state index contributed by atoms with van der Waals surface area (Å²) in [5.41, 5.74) is 6.32. The molecule has 1 heterocycles. The van der Waals surface area contributed by atoms with Crippen LogP contribution in [0.4, 0.5) is 11.4 Å². The first-order valence-electron chi connectivity index (χ1n) is 12.3. The number of carbonyl (C=O) groups excluding carboxylic acids is 5. The molecule has 3 aromatic carbocycles. The Morgan fingerprint density at radius 3 is 2.55 bits per heavy atom. The van der Waals surface area contributed by atoms with Crippen molar-refractivity contribution < 1.29 is 28.7 Å². The van der Waals surface area contributed by atoms with E-state index in [4.69, 9.17) is 10.5 Å². The van der Waals surface area contributed by atoms with E-state index in [0.717, 1.165) is 29.2 Å². The van der Waals surface area contributed by atoms with Crippen LogP contribution in [-0.2, 0) is 25.6 Å². The predicted molar refractivity (Wildman–Crippen MR) is 139 cm³/mol. The molecule has 0 radical (unpaired) electrons. The number of carbonyl (C=O) groups is 5. The minimum Gasteiger partial charge on any atom is -0.424 e. The minimum atomic E-state index is -0.982. The van der Waals surface area contributed by atoms with Gasteiger partial charge >= 0.3 is 5.97 Å². The summed E-state index contributed by atoms with van der Waals surface area (Å²) in [5, 5.41) is 9.91. The van der Waals surface area contributed by atoms with Crippen LogP contribution >= 0.6 is 0 Å². The molecule has 10 nitrogen and oxygen atoms in total. The van der Waals surface area contributed by atoms with Crippen molar-refractivity contribution in [1.82, 2.24) is 5.32 Å². The highest BCUT2D eigenvalue weighted by atomic mass is 16.5. The summed E-state index contributed by atoms with van der Waals surface area (Å²) < 4.78 is 5.68. The fourth-order valence-corrected chi connectivity index (χ4v) is 4.41. The van der Waals surface area contributed by atoms with Gasteiger partial charge in [0.1, 0.15) is 6.04 Å². The van der Waals surface area contributed by atoms with Crippen LogP contribution in [0.5, 0.6) is 5.75 Å². The second-order valence-corrected chi connectivity index (χ2v) is 9.47. The van der Waals surface area contributed by atoms with Crippen molar-refractivity contribution in [2.75, 3.05) is 10.6 Å². The molecule has 0 spiro atoms. The van der Waals surface area contributed by atoms with Gasteiger partial charge in [-0.25, -0.2) is 0 Å². The highest BCUT2D eigenvalue weighted by molar-refractivity contribution is 6.11. The van der Waals surface area contributed by atoms with Crippen LogP contribution < -0.4 is 26.4 Å². The monoisotopic (exact) mass is 514 g/mol. The van der Waals surface area contributed by atoms with Crippen LogP contribution in [0, 0.1) is 5.92 Å². The molecule has 5 N–H and O–H groups in total. The van der Waals surface area contributed by atoms with Crippen molar-refractivity contribution >= 4 is 51.7 Å². The quantitative estimate of drug-likeness (QED) is 0.267. The molecule has 4 amide bonds. The summed E-state index contributed by atoms with van der Waals surface area (Å²) in [6, 6.07) is 15.1. The zero-order valence-corrected chi connectivity index (χ0v) is 20.4. The van der Waals surface area contributed by atoms with Gasteiger partial charge in [0, 0.05) is 12.3 Å². The molecule has 1 aliphatic carbocycles. The number of benzene rings is 3. The van der Waals surface area contributed by atoms with E-state index in [1.165, 1.54) is 12.1 Å². The molecule has 0 bridgehead atoms. The van der Waals surface area contributed by atoms with E-state index in [2.05, 4.69) is 16.0 Å². The van der Waals surface area contributed by atoms with Crippen molar-refractivity contribution in [2.24, 2.45) is 11.7 Å². The van der Waals surface area contributed by atoms with E-state index in [1.54, 1.807) is 0 Å². The minimum absolute atomic E-state index is 0.0111. The van der Waals surface area contributed by atoms with E-state index in [-0.39, 0.29) is 53.8 Å². The molecular weight excluding hydrogens is 488 g/mol. The van der Waals surface area contributed by atoms with Crippen molar-refractivity contribution in [1.29, 1.82) is 0 Å². The van der Waals surface area contributed by atoms with Crippen molar-refractivity contribution in [3.63, 3.8) is 0 Å². The Kier molecular flexibility index (Phi) is 6.78. The second-order valence-electron chi connectivity index (χ2n) is 9.47. The first-order chi connectivity index (χ1) is 18.3. The Morgan fingerprint density at radius 1 is 1.03 bits per heavy atom. The Bertz CT molecular complexity index is 1470. The van der Waals surface area contributed by atoms with E-state index >= 15 is 0 Å². The number of anilines is 2. The van der Waals surface area contributed by atoms with Gasteiger partial charge in [0.15, 0.2) is 5.75 Å². The van der Waals surface area contributed by atoms with Crippen LogP contribution in [0.25, 0.3) is 10.8 Å². The molecule has 38 heavy (non-hydrogen) atoms. The van der Waals surface area contributed by atoms with Gasteiger partial charge in [-0.2, -0.15) is 0 Å². The maximum absolute atomic E-state index is 13.0. The second kappa shape index (κ2) is 10.3. The van der Waals surface area contributed by atoms with E-state index in [1.807, 2.05) is 42.5 Å². The van der Waals surface area contributed by atoms with Gasteiger partial charge in [-0.05, 0) is 47.7 Å². The summed E-state index contributed by atoms with van der Waals surface area (Å²) in [6.45, 7) is 0. The van der Waals surface area contributed by atoms with Crippen LogP contribution in [0.15, 0.2) is 54.6 Å². The lowest BCUT2D eigenvalue weighted by molar-refractivity contribution is -0.133. The van der Waals surface area contributed by atoms with Gasteiger partial charge in [0.25, 0.3) is 5.91 Å². The molecule has 2 aliphatic rings. The molecule has 1 saturated carbocycles. The molecular formula is C28H26N4O6. The number of fused-ring (bicyclic) bond motifs is 2. The number of ether oxygens (including phenoxy) is 1. The Balaban J connectivity index is 1.43. The van der Waals surface area contributed by atoms with Crippen molar-refractivity contribution in [3.05, 3.63) is 65.7 Å². The maximum atomic E-state index is 13.0. The number of rotatable bonds is 8. The Labute approximate surface area is 217 Å². The smallest absolute Gasteiger partial charge is 0.315 e. The average molecular weight is 515 g/mol.